The Kier molecular flexibility index (Phi) is 7.59. The van der Waals surface area contributed by atoms with E-state index in [0.29, 0.717) is 50.8 Å². The van der Waals surface area contributed by atoms with Crippen LogP contribution in [0.15, 0.2) is 31.3 Å². The van der Waals surface area contributed by atoms with E-state index >= 15 is 0 Å². The molecule has 0 radical (unpaired) electrons. The summed E-state index contributed by atoms with van der Waals surface area (Å²) in [7, 11) is 6.08. The first-order valence-electron chi connectivity index (χ1n) is 9.33. The minimum absolute atomic E-state index is 0.354. The lowest BCUT2D eigenvalue weighted by atomic mass is 10.4. The summed E-state index contributed by atoms with van der Waals surface area (Å²) >= 11 is 0. The van der Waals surface area contributed by atoms with E-state index in [2.05, 4.69) is 10.6 Å². The molecule has 29 heavy (non-hydrogen) atoms. The third-order valence-corrected chi connectivity index (χ3v) is 4.60. The van der Waals surface area contributed by atoms with Crippen LogP contribution < -0.4 is 33.1 Å². The van der Waals surface area contributed by atoms with Crippen molar-refractivity contribution in [3.8, 4) is 0 Å². The molecule has 2 N–H and O–H groups in total. The fraction of sp³-hybridized carbons (Fsp3) is 0.556. The van der Waals surface area contributed by atoms with Gasteiger partial charge in [0.05, 0.1) is 0 Å². The van der Waals surface area contributed by atoms with Crippen LogP contribution in [0.4, 0.5) is 11.6 Å². The van der Waals surface area contributed by atoms with Crippen LogP contribution in [0.2, 0.25) is 0 Å². The fourth-order valence-electron chi connectivity index (χ4n) is 2.69. The van der Waals surface area contributed by atoms with Crippen molar-refractivity contribution in [2.24, 2.45) is 28.2 Å². The number of aromatic nitrogens is 4. The number of hydrogen-bond acceptors (Lipinski definition) is 7. The number of hydrogen-bond donors (Lipinski definition) is 2. The first-order chi connectivity index (χ1) is 13.7. The van der Waals surface area contributed by atoms with E-state index < -0.39 is 0 Å². The molecule has 0 spiro atoms. The number of ether oxygens (including phenoxy) is 1. The molecular weight excluding hydrogens is 380 g/mol. The first kappa shape index (κ1) is 22.2. The molecule has 0 saturated carbocycles. The lowest BCUT2D eigenvalue weighted by molar-refractivity contribution is 0.133. The lowest BCUT2D eigenvalue weighted by Gasteiger charge is -2.12. The van der Waals surface area contributed by atoms with Crippen LogP contribution in [-0.4, -0.2) is 44.6 Å². The summed E-state index contributed by atoms with van der Waals surface area (Å²) in [5.74, 6) is 0.948. The van der Waals surface area contributed by atoms with E-state index in [1.807, 2.05) is 0 Å². The molecule has 2 heterocycles. The smallest absolute Gasteiger partial charge is 0.332 e. The summed E-state index contributed by atoms with van der Waals surface area (Å²) in [5.41, 5.74) is -1.46. The van der Waals surface area contributed by atoms with Gasteiger partial charge >= 0.3 is 11.4 Å². The third-order valence-electron chi connectivity index (χ3n) is 4.60. The van der Waals surface area contributed by atoms with E-state index in [-0.39, 0.29) is 22.5 Å². The van der Waals surface area contributed by atoms with Crippen LogP contribution >= 0.6 is 0 Å². The molecule has 0 saturated heterocycles. The van der Waals surface area contributed by atoms with Crippen molar-refractivity contribution in [1.29, 1.82) is 0 Å². The molecule has 11 heteroatoms. The van der Waals surface area contributed by atoms with Crippen molar-refractivity contribution < 1.29 is 4.74 Å². The van der Waals surface area contributed by atoms with E-state index in [4.69, 9.17) is 4.74 Å². The summed E-state index contributed by atoms with van der Waals surface area (Å²) in [5, 5.41) is 6.12. The minimum atomic E-state index is -0.377. The Morgan fingerprint density at radius 1 is 0.690 bits per heavy atom. The molecular formula is C18H28N6O5. The van der Waals surface area contributed by atoms with Crippen molar-refractivity contribution in [1.82, 2.24) is 18.3 Å². The maximum atomic E-state index is 11.8. The summed E-state index contributed by atoms with van der Waals surface area (Å²) in [6.07, 6.45) is 1.42. The molecule has 0 aliphatic rings. The number of anilines is 2. The van der Waals surface area contributed by atoms with Gasteiger partial charge < -0.3 is 15.4 Å². The summed E-state index contributed by atoms with van der Waals surface area (Å²) < 4.78 is 10.4. The van der Waals surface area contributed by atoms with Gasteiger partial charge in [0.25, 0.3) is 11.1 Å². The van der Waals surface area contributed by atoms with Gasteiger partial charge in [-0.2, -0.15) is 0 Å². The van der Waals surface area contributed by atoms with Crippen LogP contribution in [-0.2, 0) is 32.9 Å². The molecule has 2 aromatic heterocycles. The van der Waals surface area contributed by atoms with E-state index in [1.54, 1.807) is 14.1 Å². The highest BCUT2D eigenvalue weighted by atomic mass is 16.5. The van der Waals surface area contributed by atoms with E-state index in [0.717, 1.165) is 9.13 Å². The van der Waals surface area contributed by atoms with Crippen molar-refractivity contribution in [2.45, 2.75) is 12.8 Å². The zero-order valence-corrected chi connectivity index (χ0v) is 17.2. The normalized spacial score (nSPS) is 10.9. The van der Waals surface area contributed by atoms with Crippen molar-refractivity contribution in [3.63, 3.8) is 0 Å². The standard InChI is InChI=1S/C18H28N6O5/c1-21-13(11-15(25)23(3)17(21)27)19-7-5-9-29-10-6-8-20-14-12-16(26)24(4)18(28)22(14)2/h11-12,19-20H,5-10H2,1-4H3. The van der Waals surface area contributed by atoms with Gasteiger partial charge in [0.2, 0.25) is 0 Å². The molecule has 0 unspecified atom stereocenters. The van der Waals surface area contributed by atoms with Crippen molar-refractivity contribution >= 4 is 11.6 Å². The Balaban J connectivity index is 1.65. The van der Waals surface area contributed by atoms with Crippen LogP contribution in [0.1, 0.15) is 12.8 Å². The molecule has 11 nitrogen and oxygen atoms in total. The Morgan fingerprint density at radius 2 is 1.07 bits per heavy atom. The van der Waals surface area contributed by atoms with Crippen molar-refractivity contribution in [2.75, 3.05) is 36.9 Å². The molecule has 0 bridgehead atoms. The fourth-order valence-corrected chi connectivity index (χ4v) is 2.69. The molecule has 0 amide bonds. The molecule has 2 rings (SSSR count). The molecule has 0 fully saturated rings. The highest BCUT2D eigenvalue weighted by molar-refractivity contribution is 5.34. The number of rotatable bonds is 10. The highest BCUT2D eigenvalue weighted by Crippen LogP contribution is 2.00. The molecule has 0 aromatic carbocycles. The van der Waals surface area contributed by atoms with Crippen LogP contribution in [0.3, 0.4) is 0 Å². The second-order valence-electron chi connectivity index (χ2n) is 6.71. The van der Waals surface area contributed by atoms with Gasteiger partial charge in [-0.1, -0.05) is 0 Å². The van der Waals surface area contributed by atoms with Crippen molar-refractivity contribution in [3.05, 3.63) is 53.8 Å². The lowest BCUT2D eigenvalue weighted by Crippen LogP contribution is -2.37. The third kappa shape index (κ3) is 5.47. The molecule has 0 atom stereocenters. The molecule has 160 valence electrons. The van der Waals surface area contributed by atoms with E-state index in [9.17, 15) is 19.2 Å². The quantitative estimate of drug-likeness (QED) is 0.474. The van der Waals surface area contributed by atoms with E-state index in [1.165, 1.54) is 35.4 Å². The molecule has 0 aliphatic heterocycles. The molecule has 0 aliphatic carbocycles. The van der Waals surface area contributed by atoms with Crippen LogP contribution in [0.25, 0.3) is 0 Å². The Morgan fingerprint density at radius 3 is 1.45 bits per heavy atom. The van der Waals surface area contributed by atoms with Gasteiger partial charge in [-0.25, -0.2) is 9.59 Å². The Hall–Kier alpha value is -3.08. The van der Waals surface area contributed by atoms with Gasteiger partial charge in [0.15, 0.2) is 0 Å². The minimum Gasteiger partial charge on any atom is -0.381 e. The second-order valence-corrected chi connectivity index (χ2v) is 6.71. The maximum absolute atomic E-state index is 11.8. The van der Waals surface area contributed by atoms with Crippen LogP contribution in [0, 0.1) is 0 Å². The Bertz CT molecular complexity index is 993. The topological polar surface area (TPSA) is 121 Å². The summed E-state index contributed by atoms with van der Waals surface area (Å²) in [6.45, 7) is 2.18. The van der Waals surface area contributed by atoms with Gasteiger partial charge in [-0.3, -0.25) is 27.9 Å². The zero-order chi connectivity index (χ0) is 21.6. The molecule has 2 aromatic rings. The summed E-state index contributed by atoms with van der Waals surface area (Å²) in [6, 6.07) is 2.77. The number of nitrogens with zero attached hydrogens (tertiary/aromatic N) is 4. The van der Waals surface area contributed by atoms with Gasteiger partial charge in [0.1, 0.15) is 11.6 Å². The average Bonchev–Trinajstić information content (AvgIpc) is 2.70. The zero-order valence-electron chi connectivity index (χ0n) is 17.2. The maximum Gasteiger partial charge on any atom is 0.332 e. The highest BCUT2D eigenvalue weighted by Gasteiger charge is 2.06. The number of nitrogens with one attached hydrogen (secondary N) is 2. The Labute approximate surface area is 167 Å². The first-order valence-corrected chi connectivity index (χ1v) is 9.33. The average molecular weight is 408 g/mol. The van der Waals surface area contributed by atoms with Gasteiger partial charge in [0, 0.05) is 66.6 Å². The monoisotopic (exact) mass is 408 g/mol. The van der Waals surface area contributed by atoms with Gasteiger partial charge in [-0.15, -0.1) is 0 Å². The largest absolute Gasteiger partial charge is 0.381 e. The summed E-state index contributed by atoms with van der Waals surface area (Å²) in [4.78, 5) is 47.0. The predicted octanol–water partition coefficient (Wildman–Crippen LogP) is -1.20. The van der Waals surface area contributed by atoms with Gasteiger partial charge in [-0.05, 0) is 12.8 Å². The van der Waals surface area contributed by atoms with Crippen LogP contribution in [0.5, 0.6) is 0 Å². The second kappa shape index (κ2) is 9.92. The SMILES string of the molecule is Cn1c(NCCCOCCCNc2cc(=O)n(C)c(=O)n2C)cc(=O)n(C)c1=O. The predicted molar refractivity (Wildman–Crippen MR) is 111 cm³/mol.